The van der Waals surface area contributed by atoms with Gasteiger partial charge in [-0.1, -0.05) is 13.0 Å². The van der Waals surface area contributed by atoms with E-state index < -0.39 is 38.1 Å². The van der Waals surface area contributed by atoms with E-state index in [-0.39, 0.29) is 27.9 Å². The summed E-state index contributed by atoms with van der Waals surface area (Å²) in [6.07, 6.45) is 4.16. The van der Waals surface area contributed by atoms with E-state index in [0.29, 0.717) is 18.4 Å². The topological polar surface area (TPSA) is 64.1 Å². The number of halogens is 3. The van der Waals surface area contributed by atoms with Crippen molar-refractivity contribution < 1.29 is 26.4 Å². The molecule has 1 aromatic heterocycles. The summed E-state index contributed by atoms with van der Waals surface area (Å²) in [4.78, 5) is 16.7. The molecule has 3 aromatic rings. The second kappa shape index (κ2) is 10.3. The smallest absolute Gasteiger partial charge is 0.189 e. The quantitative estimate of drug-likeness (QED) is 0.206. The van der Waals surface area contributed by atoms with Crippen LogP contribution in [0, 0.1) is 30.3 Å². The minimum absolute atomic E-state index is 0.0871. The van der Waals surface area contributed by atoms with E-state index in [9.17, 15) is 26.4 Å². The molecule has 2 aromatic carbocycles. The molecule has 3 rings (SSSR count). The number of sulfone groups is 1. The summed E-state index contributed by atoms with van der Waals surface area (Å²) < 4.78 is 69.4. The van der Waals surface area contributed by atoms with Crippen LogP contribution in [-0.4, -0.2) is 19.2 Å². The number of carbonyl (C=O) groups excluding carboxylic acids is 1. The van der Waals surface area contributed by atoms with Gasteiger partial charge in [-0.3, -0.25) is 9.78 Å². The zero-order valence-corrected chi connectivity index (χ0v) is 19.6. The molecule has 34 heavy (non-hydrogen) atoms. The summed E-state index contributed by atoms with van der Waals surface area (Å²) >= 11 is 0. The van der Waals surface area contributed by atoms with Crippen LogP contribution >= 0.6 is 0 Å². The van der Waals surface area contributed by atoms with Gasteiger partial charge in [0.2, 0.25) is 0 Å². The van der Waals surface area contributed by atoms with Crippen molar-refractivity contribution in [3.8, 4) is 0 Å². The fourth-order valence-corrected chi connectivity index (χ4v) is 5.59. The highest BCUT2D eigenvalue weighted by atomic mass is 32.2. The van der Waals surface area contributed by atoms with Crippen LogP contribution in [0.25, 0.3) is 0 Å². The second-order valence-electron chi connectivity index (χ2n) is 8.10. The molecule has 2 unspecified atom stereocenters. The van der Waals surface area contributed by atoms with Gasteiger partial charge >= 0.3 is 0 Å². The van der Waals surface area contributed by atoms with E-state index in [1.54, 1.807) is 19.9 Å². The predicted octanol–water partition coefficient (Wildman–Crippen LogP) is 6.16. The van der Waals surface area contributed by atoms with Gasteiger partial charge in [-0.25, -0.2) is 21.6 Å². The van der Waals surface area contributed by atoms with Gasteiger partial charge in [0.15, 0.2) is 15.6 Å². The van der Waals surface area contributed by atoms with Gasteiger partial charge in [0.05, 0.1) is 4.90 Å². The number of aromatic nitrogens is 1. The number of aryl methyl sites for hydroxylation is 1. The van der Waals surface area contributed by atoms with Crippen molar-refractivity contribution >= 4 is 15.6 Å². The van der Waals surface area contributed by atoms with Crippen LogP contribution in [0.15, 0.2) is 72.3 Å². The summed E-state index contributed by atoms with van der Waals surface area (Å²) in [6, 6.07) is 8.08. The molecule has 0 aliphatic heterocycles. The number of allylic oxidation sites excluding steroid dienone is 1. The third-order valence-corrected chi connectivity index (χ3v) is 7.69. The highest BCUT2D eigenvalue weighted by molar-refractivity contribution is 7.92. The number of carbonyl (C=O) groups is 1. The van der Waals surface area contributed by atoms with E-state index in [0.717, 1.165) is 42.5 Å². The molecule has 8 heteroatoms. The molecule has 2 atom stereocenters. The normalized spacial score (nSPS) is 13.3. The summed E-state index contributed by atoms with van der Waals surface area (Å²) in [5, 5.41) is -1.66. The summed E-state index contributed by atoms with van der Waals surface area (Å²) in [5.41, 5.74) is 0.195. The Hall–Kier alpha value is -3.26. The lowest BCUT2D eigenvalue weighted by atomic mass is 9.95. The predicted molar refractivity (Wildman–Crippen MR) is 124 cm³/mol. The van der Waals surface area contributed by atoms with Crippen molar-refractivity contribution in [1.82, 2.24) is 4.98 Å². The average molecular weight is 488 g/mol. The molecular weight excluding hydrogens is 463 g/mol. The molecule has 4 nitrogen and oxygen atoms in total. The summed E-state index contributed by atoms with van der Waals surface area (Å²) in [6.45, 7) is 6.98. The van der Waals surface area contributed by atoms with E-state index in [2.05, 4.69) is 11.6 Å². The zero-order valence-electron chi connectivity index (χ0n) is 18.8. The van der Waals surface area contributed by atoms with Gasteiger partial charge in [-0.2, -0.15) is 0 Å². The number of benzene rings is 2. The Kier molecular flexibility index (Phi) is 7.71. The Morgan fingerprint density at radius 1 is 1.03 bits per heavy atom. The van der Waals surface area contributed by atoms with Gasteiger partial charge in [0.1, 0.15) is 28.4 Å². The third-order valence-electron chi connectivity index (χ3n) is 5.63. The molecule has 0 aliphatic rings. The fraction of sp³-hybridized carbons (Fsp3) is 0.231. The molecule has 0 radical (unpaired) electrons. The summed E-state index contributed by atoms with van der Waals surface area (Å²) in [5.74, 6) is -2.92. The molecule has 0 bridgehead atoms. The maximum Gasteiger partial charge on any atom is 0.189 e. The number of ketones is 1. The first kappa shape index (κ1) is 25.4. The molecule has 0 N–H and O–H groups in total. The van der Waals surface area contributed by atoms with Crippen LogP contribution in [0.3, 0.4) is 0 Å². The first-order valence-electron chi connectivity index (χ1n) is 10.6. The van der Waals surface area contributed by atoms with Crippen LogP contribution in [0.4, 0.5) is 13.2 Å². The Morgan fingerprint density at radius 2 is 1.68 bits per heavy atom. The number of pyridine rings is 1. The highest BCUT2D eigenvalue weighted by Crippen LogP contribution is 2.38. The molecule has 0 saturated carbocycles. The van der Waals surface area contributed by atoms with Crippen LogP contribution in [0.1, 0.15) is 52.2 Å². The second-order valence-corrected chi connectivity index (χ2v) is 10.1. The molecule has 1 heterocycles. The van der Waals surface area contributed by atoms with E-state index >= 15 is 0 Å². The number of hydrogen-bond donors (Lipinski definition) is 0. The average Bonchev–Trinajstić information content (AvgIpc) is 2.80. The lowest BCUT2D eigenvalue weighted by Crippen LogP contribution is -2.20. The van der Waals surface area contributed by atoms with Crippen molar-refractivity contribution in [2.75, 3.05) is 0 Å². The minimum atomic E-state index is -4.36. The largest absolute Gasteiger partial charge is 0.292 e. The lowest BCUT2D eigenvalue weighted by Gasteiger charge is -2.22. The Morgan fingerprint density at radius 3 is 2.29 bits per heavy atom. The van der Waals surface area contributed by atoms with E-state index in [1.165, 1.54) is 12.3 Å². The van der Waals surface area contributed by atoms with E-state index in [1.807, 2.05) is 0 Å². The monoisotopic (exact) mass is 487 g/mol. The van der Waals surface area contributed by atoms with Crippen molar-refractivity contribution in [3.05, 3.63) is 107 Å². The third kappa shape index (κ3) is 5.28. The minimum Gasteiger partial charge on any atom is -0.292 e. The first-order chi connectivity index (χ1) is 16.1. The Labute approximate surface area is 197 Å². The maximum absolute atomic E-state index is 14.8. The van der Waals surface area contributed by atoms with Crippen molar-refractivity contribution in [1.29, 1.82) is 0 Å². The van der Waals surface area contributed by atoms with Crippen LogP contribution in [0.2, 0.25) is 0 Å². The maximum atomic E-state index is 14.8. The molecule has 0 aliphatic carbocycles. The Bertz CT molecular complexity index is 1320. The van der Waals surface area contributed by atoms with Crippen LogP contribution in [-0.2, 0) is 9.84 Å². The molecule has 0 saturated heterocycles. The van der Waals surface area contributed by atoms with Gasteiger partial charge in [0.25, 0.3) is 0 Å². The highest BCUT2D eigenvalue weighted by Gasteiger charge is 2.35. The number of Topliss-reactive ketones (excluding diaryl/α,β-unsaturated/α-hetero) is 1. The molecule has 0 fully saturated rings. The van der Waals surface area contributed by atoms with Crippen molar-refractivity contribution in [2.45, 2.75) is 36.8 Å². The molecular formula is C26H24F3NO3S. The van der Waals surface area contributed by atoms with Crippen LogP contribution < -0.4 is 0 Å². The lowest BCUT2D eigenvalue weighted by molar-refractivity contribution is 0.0919. The Balaban J connectivity index is 2.16. The van der Waals surface area contributed by atoms with Crippen molar-refractivity contribution in [2.24, 2.45) is 5.92 Å². The van der Waals surface area contributed by atoms with Crippen molar-refractivity contribution in [3.63, 3.8) is 0 Å². The number of nitrogens with zero attached hydrogens (tertiary/aromatic N) is 1. The molecule has 0 amide bonds. The molecule has 178 valence electrons. The van der Waals surface area contributed by atoms with E-state index in [4.69, 9.17) is 0 Å². The standard InChI is InChI=1S/C26H24F3NO3S/c1-4-5-6-16(2)25(31)24-13-17(3)22(15-30-24)26(21-14-19(28)9-12-23(21)29)34(32,33)20-10-7-18(27)8-11-20/h4,7-16,26H,1,5-6H2,2-3H3. The van der Waals surface area contributed by atoms with Gasteiger partial charge < -0.3 is 0 Å². The van der Waals surface area contributed by atoms with Gasteiger partial charge in [-0.15, -0.1) is 6.58 Å². The first-order valence-corrected chi connectivity index (χ1v) is 12.2. The SMILES string of the molecule is C=CCCC(C)C(=O)c1cc(C)c(C(c2cc(F)ccc2F)S(=O)(=O)c2ccc(F)cc2)cn1. The fourth-order valence-electron chi connectivity index (χ4n) is 3.70. The van der Waals surface area contributed by atoms with Gasteiger partial charge in [0, 0.05) is 17.7 Å². The van der Waals surface area contributed by atoms with Gasteiger partial charge in [-0.05, 0) is 79.4 Å². The zero-order chi connectivity index (χ0) is 25.0. The summed E-state index contributed by atoms with van der Waals surface area (Å²) in [7, 11) is -4.36. The number of hydrogen-bond acceptors (Lipinski definition) is 4. The van der Waals surface area contributed by atoms with Crippen LogP contribution in [0.5, 0.6) is 0 Å². The number of rotatable bonds is 9. The molecule has 0 spiro atoms.